The van der Waals surface area contributed by atoms with Crippen LogP contribution in [0.2, 0.25) is 0 Å². The van der Waals surface area contributed by atoms with Gasteiger partial charge in [0.1, 0.15) is 0 Å². The van der Waals surface area contributed by atoms with E-state index in [-0.39, 0.29) is 11.8 Å². The number of nitrogens with one attached hydrogen (secondary N) is 1. The second-order valence-electron chi connectivity index (χ2n) is 8.47. The highest BCUT2D eigenvalue weighted by Crippen LogP contribution is 2.20. The Hall–Kier alpha value is -2.13. The normalized spacial score (nSPS) is 15.7. The molecule has 0 atom stereocenters. The molecule has 0 bridgehead atoms. The van der Waals surface area contributed by atoms with Crippen molar-refractivity contribution in [2.75, 3.05) is 19.6 Å². The van der Waals surface area contributed by atoms with Crippen molar-refractivity contribution in [3.63, 3.8) is 0 Å². The van der Waals surface area contributed by atoms with E-state index in [9.17, 15) is 4.79 Å². The molecule has 2 aromatic carbocycles. The van der Waals surface area contributed by atoms with Gasteiger partial charge in [-0.1, -0.05) is 67.9 Å². The van der Waals surface area contributed by atoms with Gasteiger partial charge in [-0.15, -0.1) is 0 Å². The van der Waals surface area contributed by atoms with E-state index in [1.807, 2.05) is 0 Å². The zero-order valence-electron chi connectivity index (χ0n) is 17.6. The van der Waals surface area contributed by atoms with E-state index in [0.717, 1.165) is 45.4 Å². The second kappa shape index (κ2) is 9.88. The molecule has 1 saturated heterocycles. The highest BCUT2D eigenvalue weighted by Gasteiger charge is 2.24. The van der Waals surface area contributed by atoms with Crippen molar-refractivity contribution in [3.8, 4) is 0 Å². The first kappa shape index (κ1) is 20.6. The number of piperidine rings is 1. The molecule has 0 saturated carbocycles. The Balaban J connectivity index is 1.37. The molecule has 150 valence electrons. The Morgan fingerprint density at radius 3 is 2.21 bits per heavy atom. The highest BCUT2D eigenvalue weighted by atomic mass is 16.1. The molecule has 1 N–H and O–H groups in total. The van der Waals surface area contributed by atoms with Crippen LogP contribution in [0.3, 0.4) is 0 Å². The minimum absolute atomic E-state index is 0.164. The summed E-state index contributed by atoms with van der Waals surface area (Å²) < 4.78 is 0. The quantitative estimate of drug-likeness (QED) is 0.758. The number of carbonyl (C=O) groups is 1. The van der Waals surface area contributed by atoms with Gasteiger partial charge in [0.05, 0.1) is 0 Å². The summed E-state index contributed by atoms with van der Waals surface area (Å²) in [5.74, 6) is 0.956. The van der Waals surface area contributed by atoms with Gasteiger partial charge in [-0.25, -0.2) is 0 Å². The number of carbonyl (C=O) groups excluding carboxylic acids is 1. The van der Waals surface area contributed by atoms with Crippen LogP contribution in [0.25, 0.3) is 0 Å². The van der Waals surface area contributed by atoms with Crippen LogP contribution in [-0.4, -0.2) is 30.4 Å². The predicted octanol–water partition coefficient (Wildman–Crippen LogP) is 4.69. The molecule has 0 unspecified atom stereocenters. The summed E-state index contributed by atoms with van der Waals surface area (Å²) in [5.41, 5.74) is 5.31. The van der Waals surface area contributed by atoms with Crippen molar-refractivity contribution in [3.05, 3.63) is 70.8 Å². The predicted molar refractivity (Wildman–Crippen MR) is 116 cm³/mol. The molecule has 0 radical (unpaired) electrons. The van der Waals surface area contributed by atoms with Crippen LogP contribution in [0.15, 0.2) is 48.5 Å². The van der Waals surface area contributed by atoms with Crippen LogP contribution in [-0.2, 0) is 17.8 Å². The van der Waals surface area contributed by atoms with E-state index in [1.165, 1.54) is 22.3 Å². The van der Waals surface area contributed by atoms with Gasteiger partial charge in [0, 0.05) is 19.0 Å². The van der Waals surface area contributed by atoms with Gasteiger partial charge in [-0.05, 0) is 61.9 Å². The molecule has 1 heterocycles. The maximum Gasteiger partial charge on any atom is 0.223 e. The fourth-order valence-electron chi connectivity index (χ4n) is 3.85. The van der Waals surface area contributed by atoms with Crippen LogP contribution >= 0.6 is 0 Å². The number of hydrogen-bond donors (Lipinski definition) is 1. The molecule has 2 aromatic rings. The van der Waals surface area contributed by atoms with Gasteiger partial charge in [-0.3, -0.25) is 9.69 Å². The Morgan fingerprint density at radius 2 is 1.61 bits per heavy atom. The van der Waals surface area contributed by atoms with Crippen LogP contribution < -0.4 is 5.32 Å². The molecule has 1 amide bonds. The summed E-state index contributed by atoms with van der Waals surface area (Å²) in [6.45, 7) is 10.3. The van der Waals surface area contributed by atoms with Gasteiger partial charge >= 0.3 is 0 Å². The van der Waals surface area contributed by atoms with Crippen molar-refractivity contribution < 1.29 is 4.79 Å². The molecule has 1 aliphatic rings. The van der Waals surface area contributed by atoms with E-state index >= 15 is 0 Å². The first-order valence-corrected chi connectivity index (χ1v) is 10.7. The van der Waals surface area contributed by atoms with Crippen LogP contribution in [0, 0.1) is 12.8 Å². The average molecular weight is 379 g/mol. The zero-order valence-corrected chi connectivity index (χ0v) is 17.6. The molecule has 3 nitrogen and oxygen atoms in total. The van der Waals surface area contributed by atoms with E-state index in [0.29, 0.717) is 5.92 Å². The van der Waals surface area contributed by atoms with Crippen LogP contribution in [0.4, 0.5) is 0 Å². The molecular formula is C25H34N2O. The van der Waals surface area contributed by atoms with E-state index in [2.05, 4.69) is 79.5 Å². The number of benzene rings is 2. The topological polar surface area (TPSA) is 32.3 Å². The lowest BCUT2D eigenvalue weighted by Gasteiger charge is -2.31. The molecular weight excluding hydrogens is 344 g/mol. The number of hydrogen-bond acceptors (Lipinski definition) is 2. The van der Waals surface area contributed by atoms with Gasteiger partial charge in [0.15, 0.2) is 0 Å². The molecule has 28 heavy (non-hydrogen) atoms. The highest BCUT2D eigenvalue weighted by molar-refractivity contribution is 5.78. The van der Waals surface area contributed by atoms with Gasteiger partial charge in [-0.2, -0.15) is 0 Å². The van der Waals surface area contributed by atoms with E-state index in [1.54, 1.807) is 0 Å². The summed E-state index contributed by atoms with van der Waals surface area (Å²) in [4.78, 5) is 15.0. The van der Waals surface area contributed by atoms with Gasteiger partial charge < -0.3 is 5.32 Å². The lowest BCUT2D eigenvalue weighted by atomic mass is 9.95. The minimum atomic E-state index is 0.164. The third-order valence-corrected chi connectivity index (χ3v) is 5.84. The monoisotopic (exact) mass is 378 g/mol. The summed E-state index contributed by atoms with van der Waals surface area (Å²) in [6, 6.07) is 17.5. The first-order valence-electron chi connectivity index (χ1n) is 10.7. The number of rotatable bonds is 7. The van der Waals surface area contributed by atoms with Crippen molar-refractivity contribution in [2.24, 2.45) is 5.92 Å². The minimum Gasteiger partial charge on any atom is -0.356 e. The Labute approximate surface area is 170 Å². The maximum absolute atomic E-state index is 12.5. The average Bonchev–Trinajstić information content (AvgIpc) is 2.70. The standard InChI is InChI=1S/C25H34N2O/c1-19(2)23-10-8-21(9-11-23)12-15-26-25(28)24-13-16-27(17-14-24)18-22-6-4-20(3)5-7-22/h4-11,19,24H,12-18H2,1-3H3,(H,26,28). The number of likely N-dealkylation sites (tertiary alicyclic amines) is 1. The van der Waals surface area contributed by atoms with Gasteiger partial charge in [0.25, 0.3) is 0 Å². The molecule has 0 spiro atoms. The molecule has 1 fully saturated rings. The molecule has 0 aromatic heterocycles. The van der Waals surface area contributed by atoms with Crippen molar-refractivity contribution >= 4 is 5.91 Å². The Kier molecular flexibility index (Phi) is 7.27. The summed E-state index contributed by atoms with van der Waals surface area (Å²) in [7, 11) is 0. The Bertz CT molecular complexity index is 741. The fraction of sp³-hybridized carbons (Fsp3) is 0.480. The number of nitrogens with zero attached hydrogens (tertiary/aromatic N) is 1. The number of aryl methyl sites for hydroxylation is 1. The molecule has 3 rings (SSSR count). The smallest absolute Gasteiger partial charge is 0.223 e. The van der Waals surface area contributed by atoms with E-state index in [4.69, 9.17) is 0 Å². The SMILES string of the molecule is Cc1ccc(CN2CCC(C(=O)NCCc3ccc(C(C)C)cc3)CC2)cc1. The fourth-order valence-corrected chi connectivity index (χ4v) is 3.85. The van der Waals surface area contributed by atoms with Crippen LogP contribution in [0.5, 0.6) is 0 Å². The molecule has 1 aliphatic heterocycles. The number of amides is 1. The third kappa shape index (κ3) is 5.93. The Morgan fingerprint density at radius 1 is 1.00 bits per heavy atom. The zero-order chi connectivity index (χ0) is 19.9. The summed E-state index contributed by atoms with van der Waals surface area (Å²) in [6.07, 6.45) is 2.82. The van der Waals surface area contributed by atoms with Crippen molar-refractivity contribution in [2.45, 2.75) is 52.5 Å². The summed E-state index contributed by atoms with van der Waals surface area (Å²) >= 11 is 0. The lowest BCUT2D eigenvalue weighted by molar-refractivity contribution is -0.126. The van der Waals surface area contributed by atoms with Crippen LogP contribution in [0.1, 0.15) is 54.9 Å². The largest absolute Gasteiger partial charge is 0.356 e. The third-order valence-electron chi connectivity index (χ3n) is 5.84. The molecule has 0 aliphatic carbocycles. The van der Waals surface area contributed by atoms with Crippen molar-refractivity contribution in [1.82, 2.24) is 10.2 Å². The van der Waals surface area contributed by atoms with Gasteiger partial charge in [0.2, 0.25) is 5.91 Å². The van der Waals surface area contributed by atoms with E-state index < -0.39 is 0 Å². The molecule has 3 heteroatoms. The second-order valence-corrected chi connectivity index (χ2v) is 8.47. The summed E-state index contributed by atoms with van der Waals surface area (Å²) in [5, 5.41) is 3.15. The van der Waals surface area contributed by atoms with Crippen molar-refractivity contribution in [1.29, 1.82) is 0 Å². The lowest BCUT2D eigenvalue weighted by Crippen LogP contribution is -2.40. The maximum atomic E-state index is 12.5. The first-order chi connectivity index (χ1) is 13.5.